The van der Waals surface area contributed by atoms with Gasteiger partial charge in [0, 0.05) is 0 Å². The predicted molar refractivity (Wildman–Crippen MR) is 81.2 cm³/mol. The van der Waals surface area contributed by atoms with Crippen molar-refractivity contribution in [3.8, 4) is 0 Å². The van der Waals surface area contributed by atoms with Crippen LogP contribution in [0.5, 0.6) is 0 Å². The van der Waals surface area contributed by atoms with E-state index in [1.807, 2.05) is 0 Å². The molecule has 0 aliphatic carbocycles. The average molecular weight is 260 g/mol. The zero-order valence-corrected chi connectivity index (χ0v) is 12.6. The van der Waals surface area contributed by atoms with Crippen molar-refractivity contribution in [1.29, 1.82) is 0 Å². The lowest BCUT2D eigenvalue weighted by Crippen LogP contribution is -2.25. The smallest absolute Gasteiger partial charge is 0.0939 e. The van der Waals surface area contributed by atoms with Gasteiger partial charge in [0.05, 0.1) is 12.2 Å². The Morgan fingerprint density at radius 1 is 0.947 bits per heavy atom. The van der Waals surface area contributed by atoms with Gasteiger partial charge in [-0.05, 0) is 24.0 Å². The highest BCUT2D eigenvalue weighted by Gasteiger charge is 2.38. The molecule has 1 aliphatic heterocycles. The van der Waals surface area contributed by atoms with Crippen molar-refractivity contribution in [2.45, 2.75) is 77.4 Å². The fraction of sp³-hybridized carbons (Fsp3) is 0.667. The minimum Gasteiger partial charge on any atom is -0.366 e. The van der Waals surface area contributed by atoms with Crippen LogP contribution in [0.15, 0.2) is 24.3 Å². The molecular formula is C18H28O. The maximum Gasteiger partial charge on any atom is 0.0939 e. The number of unbranched alkanes of at least 4 members (excludes halogenated alkanes) is 4. The largest absolute Gasteiger partial charge is 0.366 e. The lowest BCUT2D eigenvalue weighted by atomic mass is 9.83. The molecule has 1 aliphatic rings. The van der Waals surface area contributed by atoms with E-state index in [1.165, 1.54) is 62.5 Å². The lowest BCUT2D eigenvalue weighted by molar-refractivity contribution is -0.0540. The Morgan fingerprint density at radius 2 is 1.58 bits per heavy atom. The Bertz CT molecular complexity index is 373. The van der Waals surface area contributed by atoms with Crippen molar-refractivity contribution < 1.29 is 4.74 Å². The Morgan fingerprint density at radius 3 is 2.21 bits per heavy atom. The number of hydrogen-bond acceptors (Lipinski definition) is 1. The number of ether oxygens (including phenoxy) is 1. The molecule has 0 atom stereocenters. The maximum absolute atomic E-state index is 6.30. The summed E-state index contributed by atoms with van der Waals surface area (Å²) in [6.07, 6.45) is 10.2. The van der Waals surface area contributed by atoms with E-state index in [2.05, 4.69) is 38.1 Å². The molecule has 1 heteroatoms. The van der Waals surface area contributed by atoms with Gasteiger partial charge in [0.2, 0.25) is 0 Å². The van der Waals surface area contributed by atoms with Crippen LogP contribution in [-0.4, -0.2) is 0 Å². The van der Waals surface area contributed by atoms with Gasteiger partial charge >= 0.3 is 0 Å². The van der Waals surface area contributed by atoms with Gasteiger partial charge in [-0.3, -0.25) is 0 Å². The van der Waals surface area contributed by atoms with Crippen LogP contribution in [0, 0.1) is 0 Å². The molecule has 0 bridgehead atoms. The van der Waals surface area contributed by atoms with E-state index in [-0.39, 0.29) is 5.60 Å². The SMILES string of the molecule is CCCCCC1(CCCCC)OCc2ccccc21. The summed E-state index contributed by atoms with van der Waals surface area (Å²) in [5, 5.41) is 0. The van der Waals surface area contributed by atoms with Crippen LogP contribution in [0.1, 0.15) is 76.3 Å². The summed E-state index contributed by atoms with van der Waals surface area (Å²) in [5.74, 6) is 0. The van der Waals surface area contributed by atoms with Crippen molar-refractivity contribution in [2.24, 2.45) is 0 Å². The van der Waals surface area contributed by atoms with Gasteiger partial charge in [-0.2, -0.15) is 0 Å². The molecule has 0 amide bonds. The van der Waals surface area contributed by atoms with Crippen molar-refractivity contribution >= 4 is 0 Å². The van der Waals surface area contributed by atoms with E-state index in [9.17, 15) is 0 Å². The molecule has 0 aromatic heterocycles. The van der Waals surface area contributed by atoms with E-state index < -0.39 is 0 Å². The first kappa shape index (κ1) is 14.6. The van der Waals surface area contributed by atoms with E-state index in [0.29, 0.717) is 0 Å². The first-order valence-corrected chi connectivity index (χ1v) is 8.05. The highest BCUT2D eigenvalue weighted by molar-refractivity contribution is 5.35. The van der Waals surface area contributed by atoms with E-state index in [0.717, 1.165) is 6.61 Å². The number of rotatable bonds is 8. The van der Waals surface area contributed by atoms with Gasteiger partial charge in [-0.15, -0.1) is 0 Å². The normalized spacial score (nSPS) is 16.5. The molecule has 19 heavy (non-hydrogen) atoms. The molecule has 1 heterocycles. The number of benzene rings is 1. The molecule has 0 saturated heterocycles. The summed E-state index contributed by atoms with van der Waals surface area (Å²) in [7, 11) is 0. The molecular weight excluding hydrogens is 232 g/mol. The minimum atomic E-state index is 0.0287. The molecule has 0 unspecified atom stereocenters. The zero-order chi connectivity index (χ0) is 13.6. The van der Waals surface area contributed by atoms with Gasteiger partial charge < -0.3 is 4.74 Å². The summed E-state index contributed by atoms with van der Waals surface area (Å²) in [4.78, 5) is 0. The Hall–Kier alpha value is -0.820. The second kappa shape index (κ2) is 7.09. The second-order valence-corrected chi connectivity index (χ2v) is 5.85. The molecule has 2 rings (SSSR count). The fourth-order valence-electron chi connectivity index (χ4n) is 3.24. The van der Waals surface area contributed by atoms with Crippen molar-refractivity contribution in [3.05, 3.63) is 35.4 Å². The van der Waals surface area contributed by atoms with E-state index in [1.54, 1.807) is 0 Å². The van der Waals surface area contributed by atoms with Crippen LogP contribution in [0.2, 0.25) is 0 Å². The summed E-state index contributed by atoms with van der Waals surface area (Å²) >= 11 is 0. The number of fused-ring (bicyclic) bond motifs is 1. The summed E-state index contributed by atoms with van der Waals surface area (Å²) in [6.45, 7) is 5.36. The third-order valence-electron chi connectivity index (χ3n) is 4.38. The Kier molecular flexibility index (Phi) is 5.45. The first-order chi connectivity index (χ1) is 9.32. The molecule has 0 spiro atoms. The van der Waals surface area contributed by atoms with Gasteiger partial charge in [0.1, 0.15) is 0 Å². The Labute approximate surface area is 118 Å². The van der Waals surface area contributed by atoms with Gasteiger partial charge in [0.15, 0.2) is 0 Å². The van der Waals surface area contributed by atoms with Gasteiger partial charge in [-0.1, -0.05) is 76.6 Å². The third kappa shape index (κ3) is 3.39. The average Bonchev–Trinajstić information content (AvgIpc) is 2.80. The van der Waals surface area contributed by atoms with Crippen LogP contribution in [0.25, 0.3) is 0 Å². The predicted octanol–water partition coefficient (Wildman–Crippen LogP) is 5.57. The standard InChI is InChI=1S/C18H28O/c1-3-5-9-13-18(14-10-6-4-2)17-12-8-7-11-16(17)15-19-18/h7-8,11-12H,3-6,9-10,13-15H2,1-2H3. The molecule has 0 fully saturated rings. The van der Waals surface area contributed by atoms with Crippen molar-refractivity contribution in [1.82, 2.24) is 0 Å². The van der Waals surface area contributed by atoms with Crippen LogP contribution >= 0.6 is 0 Å². The monoisotopic (exact) mass is 260 g/mol. The molecule has 1 aromatic carbocycles. The molecule has 1 aromatic rings. The minimum absolute atomic E-state index is 0.0287. The van der Waals surface area contributed by atoms with Crippen LogP contribution in [0.3, 0.4) is 0 Å². The van der Waals surface area contributed by atoms with Crippen LogP contribution < -0.4 is 0 Å². The zero-order valence-electron chi connectivity index (χ0n) is 12.6. The Balaban J connectivity index is 2.11. The van der Waals surface area contributed by atoms with Gasteiger partial charge in [0.25, 0.3) is 0 Å². The van der Waals surface area contributed by atoms with Crippen LogP contribution in [-0.2, 0) is 16.9 Å². The number of hydrogen-bond donors (Lipinski definition) is 0. The summed E-state index contributed by atoms with van der Waals surface area (Å²) in [6, 6.07) is 8.83. The van der Waals surface area contributed by atoms with Crippen molar-refractivity contribution in [2.75, 3.05) is 0 Å². The van der Waals surface area contributed by atoms with Gasteiger partial charge in [-0.25, -0.2) is 0 Å². The van der Waals surface area contributed by atoms with Crippen molar-refractivity contribution in [3.63, 3.8) is 0 Å². The van der Waals surface area contributed by atoms with E-state index >= 15 is 0 Å². The molecule has 1 nitrogen and oxygen atoms in total. The third-order valence-corrected chi connectivity index (χ3v) is 4.38. The molecule has 0 saturated carbocycles. The topological polar surface area (TPSA) is 9.23 Å². The highest BCUT2D eigenvalue weighted by atomic mass is 16.5. The highest BCUT2D eigenvalue weighted by Crippen LogP contribution is 2.44. The maximum atomic E-state index is 6.30. The summed E-state index contributed by atoms with van der Waals surface area (Å²) in [5.41, 5.74) is 2.92. The molecule has 106 valence electrons. The first-order valence-electron chi connectivity index (χ1n) is 8.05. The second-order valence-electron chi connectivity index (χ2n) is 5.85. The molecule has 0 radical (unpaired) electrons. The lowest BCUT2D eigenvalue weighted by Gasteiger charge is -2.30. The summed E-state index contributed by atoms with van der Waals surface area (Å²) < 4.78 is 6.30. The quantitative estimate of drug-likeness (QED) is 0.555. The van der Waals surface area contributed by atoms with E-state index in [4.69, 9.17) is 4.74 Å². The molecule has 0 N–H and O–H groups in total. The fourth-order valence-corrected chi connectivity index (χ4v) is 3.24. The van der Waals surface area contributed by atoms with Crippen LogP contribution in [0.4, 0.5) is 0 Å².